The molecule has 1 aromatic carbocycles. The first-order valence-electron chi connectivity index (χ1n) is 5.62. The van der Waals surface area contributed by atoms with Gasteiger partial charge in [0, 0.05) is 0 Å². The van der Waals surface area contributed by atoms with Crippen LogP contribution >= 0.6 is 0 Å². The van der Waals surface area contributed by atoms with E-state index in [0.29, 0.717) is 5.92 Å². The van der Waals surface area contributed by atoms with Crippen molar-refractivity contribution in [2.45, 2.75) is 38.7 Å². The smallest absolute Gasteiger partial charge is 0.123 e. The number of halogens is 1. The van der Waals surface area contributed by atoms with Gasteiger partial charge in [0.15, 0.2) is 0 Å². The molecule has 82 valence electrons. The van der Waals surface area contributed by atoms with Gasteiger partial charge in [-0.15, -0.1) is 0 Å². The van der Waals surface area contributed by atoms with Gasteiger partial charge in [-0.3, -0.25) is 0 Å². The van der Waals surface area contributed by atoms with Crippen molar-refractivity contribution >= 4 is 0 Å². The van der Waals surface area contributed by atoms with Crippen LogP contribution in [0.1, 0.15) is 42.9 Å². The minimum atomic E-state index is -0.483. The Morgan fingerprint density at radius 1 is 1.33 bits per heavy atom. The van der Waals surface area contributed by atoms with Crippen molar-refractivity contribution < 1.29 is 9.50 Å². The molecule has 1 atom stereocenters. The highest BCUT2D eigenvalue weighted by molar-refractivity contribution is 5.29. The van der Waals surface area contributed by atoms with E-state index in [1.165, 1.54) is 25.0 Å². The van der Waals surface area contributed by atoms with Gasteiger partial charge in [0.25, 0.3) is 0 Å². The van der Waals surface area contributed by atoms with Gasteiger partial charge in [-0.2, -0.15) is 0 Å². The summed E-state index contributed by atoms with van der Waals surface area (Å²) in [6.07, 6.45) is 4.03. The quantitative estimate of drug-likeness (QED) is 0.790. The van der Waals surface area contributed by atoms with Crippen LogP contribution in [-0.4, -0.2) is 5.11 Å². The Kier molecular flexibility index (Phi) is 3.06. The van der Waals surface area contributed by atoms with Crippen LogP contribution in [0.3, 0.4) is 0 Å². The topological polar surface area (TPSA) is 20.2 Å². The molecule has 2 rings (SSSR count). The van der Waals surface area contributed by atoms with Crippen LogP contribution in [-0.2, 0) is 0 Å². The van der Waals surface area contributed by atoms with E-state index in [9.17, 15) is 9.50 Å². The van der Waals surface area contributed by atoms with Crippen molar-refractivity contribution in [2.75, 3.05) is 0 Å². The maximum absolute atomic E-state index is 13.1. The van der Waals surface area contributed by atoms with Gasteiger partial charge in [0.05, 0.1) is 6.10 Å². The molecule has 0 radical (unpaired) electrons. The lowest BCUT2D eigenvalue weighted by Crippen LogP contribution is -2.10. The molecule has 0 spiro atoms. The van der Waals surface area contributed by atoms with E-state index in [4.69, 9.17) is 0 Å². The zero-order valence-electron chi connectivity index (χ0n) is 9.04. The van der Waals surface area contributed by atoms with Crippen LogP contribution in [0.4, 0.5) is 4.39 Å². The Bertz CT molecular complexity index is 342. The summed E-state index contributed by atoms with van der Waals surface area (Å²) in [7, 11) is 0. The Hall–Kier alpha value is -0.890. The molecule has 0 heterocycles. The van der Waals surface area contributed by atoms with Gasteiger partial charge in [0.2, 0.25) is 0 Å². The summed E-state index contributed by atoms with van der Waals surface area (Å²) < 4.78 is 13.1. The first kappa shape index (κ1) is 10.6. The molecule has 0 saturated heterocycles. The second kappa shape index (κ2) is 4.31. The van der Waals surface area contributed by atoms with E-state index in [1.807, 2.05) is 6.92 Å². The van der Waals surface area contributed by atoms with Gasteiger partial charge in [-0.1, -0.05) is 18.9 Å². The predicted octanol–water partition coefficient (Wildman–Crippen LogP) is 3.36. The van der Waals surface area contributed by atoms with Crippen LogP contribution in [0.25, 0.3) is 0 Å². The number of aryl methyl sites for hydroxylation is 1. The van der Waals surface area contributed by atoms with E-state index in [-0.39, 0.29) is 5.82 Å². The van der Waals surface area contributed by atoms with Crippen LogP contribution in [0.2, 0.25) is 0 Å². The van der Waals surface area contributed by atoms with Crippen molar-refractivity contribution in [2.24, 2.45) is 5.92 Å². The zero-order chi connectivity index (χ0) is 10.8. The highest BCUT2D eigenvalue weighted by Gasteiger charge is 2.25. The molecule has 1 unspecified atom stereocenters. The first-order chi connectivity index (χ1) is 7.18. The molecule has 1 N–H and O–H groups in total. The fourth-order valence-electron chi connectivity index (χ4n) is 2.46. The number of benzene rings is 1. The standard InChI is InChI=1S/C13H17FO/c1-9-6-7-11(14)8-12(9)13(15)10-4-2-3-5-10/h6-8,10,13,15H,2-5H2,1H3. The van der Waals surface area contributed by atoms with Crippen molar-refractivity contribution in [3.05, 3.63) is 35.1 Å². The number of hydrogen-bond acceptors (Lipinski definition) is 1. The highest BCUT2D eigenvalue weighted by atomic mass is 19.1. The molecule has 0 aliphatic heterocycles. The molecular formula is C13H17FO. The summed E-state index contributed by atoms with van der Waals surface area (Å²) >= 11 is 0. The lowest BCUT2D eigenvalue weighted by atomic mass is 9.92. The predicted molar refractivity (Wildman–Crippen MR) is 58.1 cm³/mol. The zero-order valence-corrected chi connectivity index (χ0v) is 9.04. The lowest BCUT2D eigenvalue weighted by molar-refractivity contribution is 0.110. The fourth-order valence-corrected chi connectivity index (χ4v) is 2.46. The van der Waals surface area contributed by atoms with Crippen LogP contribution in [0.5, 0.6) is 0 Å². The van der Waals surface area contributed by atoms with Crippen molar-refractivity contribution in [3.63, 3.8) is 0 Å². The number of rotatable bonds is 2. The number of aliphatic hydroxyl groups excluding tert-OH is 1. The molecular weight excluding hydrogens is 191 g/mol. The Labute approximate surface area is 89.9 Å². The Morgan fingerprint density at radius 3 is 2.67 bits per heavy atom. The van der Waals surface area contributed by atoms with Crippen molar-refractivity contribution in [1.29, 1.82) is 0 Å². The Morgan fingerprint density at radius 2 is 2.00 bits per heavy atom. The second-order valence-corrected chi connectivity index (χ2v) is 4.49. The van der Waals surface area contributed by atoms with E-state index in [2.05, 4.69) is 0 Å². The molecule has 1 fully saturated rings. The van der Waals surface area contributed by atoms with E-state index in [1.54, 1.807) is 6.07 Å². The van der Waals surface area contributed by atoms with Gasteiger partial charge in [-0.05, 0) is 48.9 Å². The molecule has 15 heavy (non-hydrogen) atoms. The Balaban J connectivity index is 2.23. The summed E-state index contributed by atoms with van der Waals surface area (Å²) in [4.78, 5) is 0. The third-order valence-electron chi connectivity index (χ3n) is 3.41. The maximum atomic E-state index is 13.1. The minimum Gasteiger partial charge on any atom is -0.388 e. The second-order valence-electron chi connectivity index (χ2n) is 4.49. The average molecular weight is 208 g/mol. The third-order valence-corrected chi connectivity index (χ3v) is 3.41. The first-order valence-corrected chi connectivity index (χ1v) is 5.62. The molecule has 1 aliphatic rings. The lowest BCUT2D eigenvalue weighted by Gasteiger charge is -2.19. The molecule has 0 bridgehead atoms. The monoisotopic (exact) mass is 208 g/mol. The third kappa shape index (κ3) is 2.20. The molecule has 1 aromatic rings. The summed E-state index contributed by atoms with van der Waals surface area (Å²) in [5.74, 6) is 0.0677. The molecule has 2 heteroatoms. The van der Waals surface area contributed by atoms with Crippen molar-refractivity contribution in [1.82, 2.24) is 0 Å². The molecule has 1 aliphatic carbocycles. The molecule has 1 nitrogen and oxygen atoms in total. The van der Waals surface area contributed by atoms with Gasteiger partial charge in [-0.25, -0.2) is 4.39 Å². The van der Waals surface area contributed by atoms with Crippen LogP contribution in [0, 0.1) is 18.7 Å². The van der Waals surface area contributed by atoms with E-state index in [0.717, 1.165) is 24.0 Å². The fraction of sp³-hybridized carbons (Fsp3) is 0.538. The van der Waals surface area contributed by atoms with E-state index >= 15 is 0 Å². The maximum Gasteiger partial charge on any atom is 0.123 e. The van der Waals surface area contributed by atoms with Gasteiger partial charge >= 0.3 is 0 Å². The summed E-state index contributed by atoms with van der Waals surface area (Å²) in [5, 5.41) is 10.2. The minimum absolute atomic E-state index is 0.257. The average Bonchev–Trinajstić information content (AvgIpc) is 2.74. The van der Waals surface area contributed by atoms with Gasteiger partial charge < -0.3 is 5.11 Å². The highest BCUT2D eigenvalue weighted by Crippen LogP contribution is 2.36. The summed E-state index contributed by atoms with van der Waals surface area (Å²) in [6.45, 7) is 1.92. The van der Waals surface area contributed by atoms with E-state index < -0.39 is 6.10 Å². The SMILES string of the molecule is Cc1ccc(F)cc1C(O)C1CCCC1. The molecule has 0 aromatic heterocycles. The summed E-state index contributed by atoms with van der Waals surface area (Å²) in [6, 6.07) is 4.65. The van der Waals surface area contributed by atoms with Gasteiger partial charge in [0.1, 0.15) is 5.82 Å². The number of aliphatic hydroxyl groups is 1. The summed E-state index contributed by atoms with van der Waals surface area (Å²) in [5.41, 5.74) is 1.75. The molecule has 1 saturated carbocycles. The van der Waals surface area contributed by atoms with Crippen molar-refractivity contribution in [3.8, 4) is 0 Å². The molecule has 0 amide bonds. The van der Waals surface area contributed by atoms with Crippen LogP contribution in [0.15, 0.2) is 18.2 Å². The normalized spacial score (nSPS) is 19.4. The van der Waals surface area contributed by atoms with Crippen LogP contribution < -0.4 is 0 Å². The largest absolute Gasteiger partial charge is 0.388 e. The number of hydrogen-bond donors (Lipinski definition) is 1.